The van der Waals surface area contributed by atoms with Gasteiger partial charge in [-0.15, -0.1) is 0 Å². The number of carbonyl (C=O) groups excluding carboxylic acids is 2. The van der Waals surface area contributed by atoms with E-state index in [1.165, 1.54) is 13.8 Å². The molecular weight excluding hydrogens is 448 g/mol. The van der Waals surface area contributed by atoms with Crippen LogP contribution in [0.3, 0.4) is 0 Å². The number of methoxy groups -OCH3 is 2. The first-order valence-electron chi connectivity index (χ1n) is 11.9. The van der Waals surface area contributed by atoms with Crippen molar-refractivity contribution in [1.82, 2.24) is 0 Å². The van der Waals surface area contributed by atoms with E-state index in [1.807, 2.05) is 36.4 Å². The number of benzene rings is 2. The third-order valence-corrected chi connectivity index (χ3v) is 5.66. The highest BCUT2D eigenvalue weighted by atomic mass is 16.6. The Morgan fingerprint density at radius 3 is 1.31 bits per heavy atom. The Morgan fingerprint density at radius 2 is 1.00 bits per heavy atom. The summed E-state index contributed by atoms with van der Waals surface area (Å²) in [5.74, 6) is -0.689. The van der Waals surface area contributed by atoms with Crippen molar-refractivity contribution < 1.29 is 33.3 Å². The van der Waals surface area contributed by atoms with E-state index in [0.717, 1.165) is 11.1 Å². The molecule has 0 radical (unpaired) electrons. The SMILES string of the molecule is COC(COC(C)=O)CC(Cc1ccccc1)OC(Cc1ccccc1)CC(COC(C)=O)OC. The zero-order chi connectivity index (χ0) is 25.5. The zero-order valence-electron chi connectivity index (χ0n) is 21.2. The van der Waals surface area contributed by atoms with Gasteiger partial charge in [-0.2, -0.15) is 0 Å². The lowest BCUT2D eigenvalue weighted by Gasteiger charge is -2.30. The Kier molecular flexibility index (Phi) is 13.0. The molecule has 0 aliphatic rings. The molecule has 0 spiro atoms. The molecule has 35 heavy (non-hydrogen) atoms. The first kappa shape index (κ1) is 28.5. The van der Waals surface area contributed by atoms with Gasteiger partial charge < -0.3 is 23.7 Å². The Labute approximate surface area is 208 Å². The van der Waals surface area contributed by atoms with Gasteiger partial charge in [-0.25, -0.2) is 0 Å². The standard InChI is InChI=1S/C28H38O7/c1-21(29)33-19-27(31-3)17-25(15-23-11-7-5-8-12-23)35-26(16-24-13-9-6-10-14-24)18-28(32-4)20-34-22(2)30/h5-14,25-28H,15-20H2,1-4H3. The molecule has 2 aromatic carbocycles. The van der Waals surface area contributed by atoms with Gasteiger partial charge in [0.2, 0.25) is 0 Å². The van der Waals surface area contributed by atoms with Crippen molar-refractivity contribution in [3.05, 3.63) is 71.8 Å². The first-order chi connectivity index (χ1) is 16.9. The van der Waals surface area contributed by atoms with Gasteiger partial charge in [-0.3, -0.25) is 9.59 Å². The van der Waals surface area contributed by atoms with Crippen LogP contribution in [0.2, 0.25) is 0 Å². The molecule has 192 valence electrons. The molecule has 0 aliphatic carbocycles. The van der Waals surface area contributed by atoms with Gasteiger partial charge >= 0.3 is 11.9 Å². The van der Waals surface area contributed by atoms with E-state index in [1.54, 1.807) is 14.2 Å². The molecule has 2 aromatic rings. The molecule has 0 heterocycles. The molecular formula is C28H38O7. The number of hydrogen-bond donors (Lipinski definition) is 0. The first-order valence-corrected chi connectivity index (χ1v) is 11.9. The summed E-state index contributed by atoms with van der Waals surface area (Å²) < 4.78 is 28.3. The maximum atomic E-state index is 11.3. The molecule has 0 bridgehead atoms. The second kappa shape index (κ2) is 16.0. The highest BCUT2D eigenvalue weighted by Crippen LogP contribution is 2.21. The Balaban J connectivity index is 2.21. The summed E-state index contributed by atoms with van der Waals surface area (Å²) in [6, 6.07) is 20.2. The minimum absolute atomic E-state index is 0.164. The van der Waals surface area contributed by atoms with Crippen LogP contribution < -0.4 is 0 Å². The fourth-order valence-electron chi connectivity index (χ4n) is 3.87. The maximum Gasteiger partial charge on any atom is 0.302 e. The lowest BCUT2D eigenvalue weighted by Crippen LogP contribution is -2.35. The van der Waals surface area contributed by atoms with Gasteiger partial charge in [0.25, 0.3) is 0 Å². The van der Waals surface area contributed by atoms with Gasteiger partial charge in [0.1, 0.15) is 13.2 Å². The molecule has 0 saturated heterocycles. The van der Waals surface area contributed by atoms with E-state index in [4.69, 9.17) is 23.7 Å². The highest BCUT2D eigenvalue weighted by molar-refractivity contribution is 5.66. The van der Waals surface area contributed by atoms with Crippen LogP contribution in [0.5, 0.6) is 0 Å². The van der Waals surface area contributed by atoms with Crippen molar-refractivity contribution in [2.24, 2.45) is 0 Å². The number of carbonyl (C=O) groups is 2. The summed E-state index contributed by atoms with van der Waals surface area (Å²) in [5.41, 5.74) is 2.28. The monoisotopic (exact) mass is 486 g/mol. The lowest BCUT2D eigenvalue weighted by atomic mass is 10.00. The van der Waals surface area contributed by atoms with E-state index < -0.39 is 0 Å². The van der Waals surface area contributed by atoms with Crippen molar-refractivity contribution >= 4 is 11.9 Å². The molecule has 4 atom stereocenters. The minimum Gasteiger partial charge on any atom is -0.463 e. The molecule has 7 nitrogen and oxygen atoms in total. The maximum absolute atomic E-state index is 11.3. The van der Waals surface area contributed by atoms with Gasteiger partial charge in [-0.05, 0) is 24.0 Å². The van der Waals surface area contributed by atoms with Crippen LogP contribution in [0.25, 0.3) is 0 Å². The normalized spacial score (nSPS) is 14.5. The van der Waals surface area contributed by atoms with Crippen LogP contribution in [-0.4, -0.2) is 63.8 Å². The van der Waals surface area contributed by atoms with Crippen LogP contribution in [0.1, 0.15) is 37.8 Å². The molecule has 0 aliphatic heterocycles. The largest absolute Gasteiger partial charge is 0.463 e. The van der Waals surface area contributed by atoms with Crippen molar-refractivity contribution in [1.29, 1.82) is 0 Å². The van der Waals surface area contributed by atoms with E-state index >= 15 is 0 Å². The zero-order valence-corrected chi connectivity index (χ0v) is 21.2. The third kappa shape index (κ3) is 12.0. The van der Waals surface area contributed by atoms with Crippen LogP contribution in [-0.2, 0) is 46.1 Å². The number of esters is 2. The summed E-state index contributed by atoms with van der Waals surface area (Å²) in [4.78, 5) is 22.7. The van der Waals surface area contributed by atoms with Crippen molar-refractivity contribution in [3.8, 4) is 0 Å². The molecule has 0 fully saturated rings. The summed E-state index contributed by atoms with van der Waals surface area (Å²) in [7, 11) is 3.21. The van der Waals surface area contributed by atoms with Gasteiger partial charge in [0, 0.05) is 40.9 Å². The van der Waals surface area contributed by atoms with E-state index in [0.29, 0.717) is 25.7 Å². The van der Waals surface area contributed by atoms with E-state index in [9.17, 15) is 9.59 Å². The second-order valence-electron chi connectivity index (χ2n) is 8.55. The van der Waals surface area contributed by atoms with Gasteiger partial charge in [0.05, 0.1) is 24.4 Å². The summed E-state index contributed by atoms with van der Waals surface area (Å²) in [6.07, 6.45) is 1.45. The van der Waals surface area contributed by atoms with Crippen LogP contribution >= 0.6 is 0 Å². The van der Waals surface area contributed by atoms with E-state index in [2.05, 4.69) is 24.3 Å². The summed E-state index contributed by atoms with van der Waals surface area (Å²) >= 11 is 0. The molecule has 0 N–H and O–H groups in total. The van der Waals surface area contributed by atoms with Crippen molar-refractivity contribution in [2.45, 2.75) is 63.9 Å². The topological polar surface area (TPSA) is 80.3 Å². The van der Waals surface area contributed by atoms with Gasteiger partial charge in [-0.1, -0.05) is 60.7 Å². The van der Waals surface area contributed by atoms with Crippen LogP contribution in [0.15, 0.2) is 60.7 Å². The Bertz CT molecular complexity index is 785. The molecule has 0 amide bonds. The molecule has 0 aromatic heterocycles. The predicted octanol–water partition coefficient (Wildman–Crippen LogP) is 4.16. The van der Waals surface area contributed by atoms with Crippen molar-refractivity contribution in [3.63, 3.8) is 0 Å². The molecule has 4 unspecified atom stereocenters. The highest BCUT2D eigenvalue weighted by Gasteiger charge is 2.25. The fourth-order valence-corrected chi connectivity index (χ4v) is 3.87. The average Bonchev–Trinajstić information content (AvgIpc) is 2.85. The fraction of sp³-hybridized carbons (Fsp3) is 0.500. The smallest absolute Gasteiger partial charge is 0.302 e. The molecule has 2 rings (SSSR count). The molecule has 7 heteroatoms. The Morgan fingerprint density at radius 1 is 0.629 bits per heavy atom. The quantitative estimate of drug-likeness (QED) is 0.330. The molecule has 0 saturated carbocycles. The van der Waals surface area contributed by atoms with Crippen LogP contribution in [0, 0.1) is 0 Å². The van der Waals surface area contributed by atoms with E-state index in [-0.39, 0.29) is 49.6 Å². The number of hydrogen-bond acceptors (Lipinski definition) is 7. The van der Waals surface area contributed by atoms with Crippen LogP contribution in [0.4, 0.5) is 0 Å². The lowest BCUT2D eigenvalue weighted by molar-refractivity contribution is -0.146. The minimum atomic E-state index is -0.345. The van der Waals surface area contributed by atoms with Crippen molar-refractivity contribution in [2.75, 3.05) is 27.4 Å². The van der Waals surface area contributed by atoms with Gasteiger partial charge in [0.15, 0.2) is 0 Å². The average molecular weight is 487 g/mol. The Hall–Kier alpha value is -2.74. The predicted molar refractivity (Wildman–Crippen MR) is 133 cm³/mol. The third-order valence-electron chi connectivity index (χ3n) is 5.66. The number of rotatable bonds is 16. The summed E-state index contributed by atoms with van der Waals surface area (Å²) in [6.45, 7) is 3.09. The summed E-state index contributed by atoms with van der Waals surface area (Å²) in [5, 5.41) is 0. The second-order valence-corrected chi connectivity index (χ2v) is 8.55. The number of ether oxygens (including phenoxy) is 5.